The molecule has 0 saturated carbocycles. The topological polar surface area (TPSA) is 51.1 Å². The number of amidine groups is 1. The van der Waals surface area contributed by atoms with Gasteiger partial charge < -0.3 is 9.47 Å². The van der Waals surface area contributed by atoms with Crippen LogP contribution in [0.5, 0.6) is 11.5 Å². The molecule has 0 spiro atoms. The van der Waals surface area contributed by atoms with Crippen LogP contribution in [0.2, 0.25) is 0 Å². The summed E-state index contributed by atoms with van der Waals surface area (Å²) in [4.78, 5) is 19.7. The number of anilines is 1. The van der Waals surface area contributed by atoms with Crippen LogP contribution in [0.15, 0.2) is 89.6 Å². The Bertz CT molecular complexity index is 1100. The average Bonchev–Trinajstić information content (AvgIpc) is 3.13. The highest BCUT2D eigenvalue weighted by molar-refractivity contribution is 6.33. The van der Waals surface area contributed by atoms with Gasteiger partial charge in [0.1, 0.15) is 23.0 Å². The van der Waals surface area contributed by atoms with E-state index in [0.717, 1.165) is 28.3 Å². The predicted octanol–water partition coefficient (Wildman–Crippen LogP) is 5.32. The molecule has 1 heterocycles. The van der Waals surface area contributed by atoms with E-state index < -0.39 is 0 Å². The first-order valence-electron chi connectivity index (χ1n) is 10.4. The summed E-state index contributed by atoms with van der Waals surface area (Å²) in [6.07, 6.45) is 1.80. The minimum atomic E-state index is -0.170. The summed E-state index contributed by atoms with van der Waals surface area (Å²) >= 11 is 0. The van der Waals surface area contributed by atoms with Gasteiger partial charge >= 0.3 is 0 Å². The minimum absolute atomic E-state index is 0.170. The first kappa shape index (κ1) is 20.4. The van der Waals surface area contributed by atoms with Crippen molar-refractivity contribution in [3.63, 3.8) is 0 Å². The number of nitrogens with zero attached hydrogens (tertiary/aromatic N) is 2. The van der Waals surface area contributed by atoms with Crippen LogP contribution in [0.1, 0.15) is 25.0 Å². The Balaban J connectivity index is 1.71. The molecule has 0 bridgehead atoms. The maximum Gasteiger partial charge on any atom is 0.282 e. The van der Waals surface area contributed by atoms with E-state index in [-0.39, 0.29) is 5.91 Å². The molecule has 0 atom stereocenters. The second-order valence-electron chi connectivity index (χ2n) is 6.90. The van der Waals surface area contributed by atoms with Crippen molar-refractivity contribution in [2.45, 2.75) is 13.8 Å². The third kappa shape index (κ3) is 4.51. The van der Waals surface area contributed by atoms with E-state index in [1.807, 2.05) is 92.7 Å². The molecule has 1 aliphatic rings. The van der Waals surface area contributed by atoms with Gasteiger partial charge in [0, 0.05) is 5.56 Å². The number of hydrogen-bond acceptors (Lipinski definition) is 4. The number of hydrogen-bond donors (Lipinski definition) is 0. The zero-order chi connectivity index (χ0) is 21.6. The molecule has 4 rings (SSSR count). The van der Waals surface area contributed by atoms with Crippen LogP contribution in [0.4, 0.5) is 5.69 Å². The van der Waals surface area contributed by atoms with Gasteiger partial charge in [-0.05, 0) is 61.9 Å². The number of aliphatic imine (C=N–C) groups is 1. The van der Waals surface area contributed by atoms with Gasteiger partial charge in [-0.15, -0.1) is 0 Å². The van der Waals surface area contributed by atoms with Crippen molar-refractivity contribution >= 4 is 23.5 Å². The molecule has 0 N–H and O–H groups in total. The fraction of sp³-hybridized carbons (Fsp3) is 0.154. The third-order valence-corrected chi connectivity index (χ3v) is 4.79. The van der Waals surface area contributed by atoms with Crippen LogP contribution in [0, 0.1) is 0 Å². The van der Waals surface area contributed by atoms with Crippen molar-refractivity contribution in [3.05, 3.63) is 95.7 Å². The largest absolute Gasteiger partial charge is 0.494 e. The van der Waals surface area contributed by atoms with Crippen molar-refractivity contribution in [2.75, 3.05) is 18.1 Å². The van der Waals surface area contributed by atoms with Gasteiger partial charge in [0.15, 0.2) is 0 Å². The molecule has 0 aromatic heterocycles. The highest BCUT2D eigenvalue weighted by atomic mass is 16.5. The van der Waals surface area contributed by atoms with E-state index in [0.29, 0.717) is 24.7 Å². The molecular weight excluding hydrogens is 388 g/mol. The van der Waals surface area contributed by atoms with Crippen molar-refractivity contribution in [1.82, 2.24) is 0 Å². The van der Waals surface area contributed by atoms with E-state index in [9.17, 15) is 4.79 Å². The maximum absolute atomic E-state index is 13.4. The number of rotatable bonds is 7. The second kappa shape index (κ2) is 9.30. The van der Waals surface area contributed by atoms with Crippen molar-refractivity contribution in [2.24, 2.45) is 4.99 Å². The highest BCUT2D eigenvalue weighted by Gasteiger charge is 2.32. The Labute approximate surface area is 182 Å². The number of ether oxygens (including phenoxy) is 2. The summed E-state index contributed by atoms with van der Waals surface area (Å²) in [5.74, 6) is 2.00. The Morgan fingerprint density at radius 3 is 1.97 bits per heavy atom. The normalized spacial score (nSPS) is 14.6. The summed E-state index contributed by atoms with van der Waals surface area (Å²) in [5, 5.41) is 0. The predicted molar refractivity (Wildman–Crippen MR) is 124 cm³/mol. The fourth-order valence-electron chi connectivity index (χ4n) is 3.38. The van der Waals surface area contributed by atoms with Gasteiger partial charge in [-0.3, -0.25) is 9.69 Å². The van der Waals surface area contributed by atoms with E-state index in [1.165, 1.54) is 0 Å². The SMILES string of the molecule is CCOc1ccc(/C=C2/N=C(c3ccccc3)N(c3ccc(OCC)cc3)C2=O)cc1. The first-order valence-corrected chi connectivity index (χ1v) is 10.4. The lowest BCUT2D eigenvalue weighted by molar-refractivity contribution is -0.113. The molecule has 3 aromatic carbocycles. The van der Waals surface area contributed by atoms with Gasteiger partial charge in [0.25, 0.3) is 5.91 Å². The van der Waals surface area contributed by atoms with Gasteiger partial charge in [0.2, 0.25) is 0 Å². The van der Waals surface area contributed by atoms with Crippen LogP contribution in [0.25, 0.3) is 6.08 Å². The summed E-state index contributed by atoms with van der Waals surface area (Å²) in [5.41, 5.74) is 2.89. The molecule has 0 unspecified atom stereocenters. The molecule has 0 aliphatic carbocycles. The van der Waals surface area contributed by atoms with Crippen LogP contribution >= 0.6 is 0 Å². The molecule has 5 heteroatoms. The van der Waals surface area contributed by atoms with E-state index in [2.05, 4.69) is 0 Å². The van der Waals surface area contributed by atoms with E-state index in [1.54, 1.807) is 11.0 Å². The zero-order valence-corrected chi connectivity index (χ0v) is 17.6. The smallest absolute Gasteiger partial charge is 0.282 e. The van der Waals surface area contributed by atoms with Gasteiger partial charge in [-0.2, -0.15) is 0 Å². The molecule has 3 aromatic rings. The molecule has 1 aliphatic heterocycles. The molecule has 1 amide bonds. The maximum atomic E-state index is 13.4. The summed E-state index contributed by atoms with van der Waals surface area (Å²) in [6, 6.07) is 24.8. The average molecular weight is 412 g/mol. The van der Waals surface area contributed by atoms with E-state index in [4.69, 9.17) is 14.5 Å². The second-order valence-corrected chi connectivity index (χ2v) is 6.90. The quantitative estimate of drug-likeness (QED) is 0.494. The number of benzene rings is 3. The van der Waals surface area contributed by atoms with Crippen LogP contribution in [-0.4, -0.2) is 25.0 Å². The summed E-state index contributed by atoms with van der Waals surface area (Å²) in [7, 11) is 0. The van der Waals surface area contributed by atoms with Crippen molar-refractivity contribution in [1.29, 1.82) is 0 Å². The van der Waals surface area contributed by atoms with Gasteiger partial charge in [-0.1, -0.05) is 42.5 Å². The highest BCUT2D eigenvalue weighted by Crippen LogP contribution is 2.29. The molecule has 5 nitrogen and oxygen atoms in total. The zero-order valence-electron chi connectivity index (χ0n) is 17.6. The summed E-state index contributed by atoms with van der Waals surface area (Å²) < 4.78 is 11.0. The molecule has 0 radical (unpaired) electrons. The van der Waals surface area contributed by atoms with Crippen LogP contribution < -0.4 is 14.4 Å². The first-order chi connectivity index (χ1) is 15.2. The van der Waals surface area contributed by atoms with E-state index >= 15 is 0 Å². The Kier molecular flexibility index (Phi) is 6.13. The summed E-state index contributed by atoms with van der Waals surface area (Å²) in [6.45, 7) is 5.09. The number of carbonyl (C=O) groups is 1. The van der Waals surface area contributed by atoms with Crippen LogP contribution in [0.3, 0.4) is 0 Å². The molecule has 156 valence electrons. The van der Waals surface area contributed by atoms with Crippen LogP contribution in [-0.2, 0) is 4.79 Å². The lowest BCUT2D eigenvalue weighted by Crippen LogP contribution is -2.32. The Morgan fingerprint density at radius 2 is 1.39 bits per heavy atom. The monoisotopic (exact) mass is 412 g/mol. The Morgan fingerprint density at radius 1 is 0.806 bits per heavy atom. The fourth-order valence-corrected chi connectivity index (χ4v) is 3.38. The molecule has 0 fully saturated rings. The molecular formula is C26H24N2O3. The van der Waals surface area contributed by atoms with Crippen molar-refractivity contribution in [3.8, 4) is 11.5 Å². The number of carbonyl (C=O) groups excluding carboxylic acids is 1. The molecule has 31 heavy (non-hydrogen) atoms. The standard InChI is InChI=1S/C26H24N2O3/c1-3-30-22-14-10-19(11-15-22)18-24-26(29)28(21-12-16-23(17-13-21)31-4-2)25(27-24)20-8-6-5-7-9-20/h5-18H,3-4H2,1-2H3/b24-18+. The van der Waals surface area contributed by atoms with Crippen molar-refractivity contribution < 1.29 is 14.3 Å². The van der Waals surface area contributed by atoms with Gasteiger partial charge in [-0.25, -0.2) is 4.99 Å². The third-order valence-electron chi connectivity index (χ3n) is 4.79. The lowest BCUT2D eigenvalue weighted by atomic mass is 10.1. The lowest BCUT2D eigenvalue weighted by Gasteiger charge is -2.19. The minimum Gasteiger partial charge on any atom is -0.494 e. The number of amides is 1. The van der Waals surface area contributed by atoms with Gasteiger partial charge in [0.05, 0.1) is 18.9 Å². The molecule has 0 saturated heterocycles. The Hall–Kier alpha value is -3.86.